The lowest BCUT2D eigenvalue weighted by Gasteiger charge is -2.39. The minimum Gasteiger partial charge on any atom is -0.396 e. The zero-order valence-corrected chi connectivity index (χ0v) is 10.2. The van der Waals surface area contributed by atoms with Crippen molar-refractivity contribution in [1.29, 1.82) is 0 Å². The average molecular weight is 228 g/mol. The van der Waals surface area contributed by atoms with Crippen molar-refractivity contribution in [3.05, 3.63) is 0 Å². The SMILES string of the molecule is CCC[C@H](N)C(=O)N(CCCO)C1CCC1. The first-order chi connectivity index (χ1) is 7.70. The molecule has 0 bridgehead atoms. The molecule has 0 unspecified atom stereocenters. The smallest absolute Gasteiger partial charge is 0.239 e. The Morgan fingerprint density at radius 2 is 2.25 bits per heavy atom. The first-order valence-corrected chi connectivity index (χ1v) is 6.37. The molecule has 94 valence electrons. The second-order valence-corrected chi connectivity index (χ2v) is 4.59. The molecule has 0 aliphatic heterocycles. The highest BCUT2D eigenvalue weighted by Crippen LogP contribution is 2.25. The molecule has 1 fully saturated rings. The minimum absolute atomic E-state index is 0.0694. The van der Waals surface area contributed by atoms with Crippen LogP contribution < -0.4 is 5.73 Å². The lowest BCUT2D eigenvalue weighted by Crippen LogP contribution is -2.51. The van der Waals surface area contributed by atoms with E-state index in [1.165, 1.54) is 6.42 Å². The van der Waals surface area contributed by atoms with Crippen LogP contribution in [0, 0.1) is 0 Å². The van der Waals surface area contributed by atoms with E-state index in [4.69, 9.17) is 10.8 Å². The van der Waals surface area contributed by atoms with E-state index in [0.29, 0.717) is 19.0 Å². The molecule has 0 aromatic heterocycles. The Hall–Kier alpha value is -0.610. The van der Waals surface area contributed by atoms with Crippen LogP contribution in [0.1, 0.15) is 45.4 Å². The number of aliphatic hydroxyl groups is 1. The summed E-state index contributed by atoms with van der Waals surface area (Å²) in [5.41, 5.74) is 5.86. The van der Waals surface area contributed by atoms with Crippen LogP contribution in [-0.2, 0) is 4.79 Å². The summed E-state index contributed by atoms with van der Waals surface area (Å²) in [6.07, 6.45) is 5.73. The molecule has 0 spiro atoms. The van der Waals surface area contributed by atoms with Crippen molar-refractivity contribution < 1.29 is 9.90 Å². The molecule has 1 aliphatic rings. The van der Waals surface area contributed by atoms with Crippen LogP contribution in [0.5, 0.6) is 0 Å². The molecule has 1 rings (SSSR count). The third kappa shape index (κ3) is 3.46. The van der Waals surface area contributed by atoms with Gasteiger partial charge in [-0.05, 0) is 32.1 Å². The second-order valence-electron chi connectivity index (χ2n) is 4.59. The lowest BCUT2D eigenvalue weighted by atomic mass is 9.90. The second kappa shape index (κ2) is 6.86. The molecule has 0 saturated heterocycles. The van der Waals surface area contributed by atoms with Gasteiger partial charge in [0.2, 0.25) is 5.91 Å². The van der Waals surface area contributed by atoms with Crippen LogP contribution in [0.25, 0.3) is 0 Å². The zero-order chi connectivity index (χ0) is 12.0. The molecule has 0 aromatic carbocycles. The summed E-state index contributed by atoms with van der Waals surface area (Å²) in [6, 6.07) is 0.0197. The van der Waals surface area contributed by atoms with Crippen molar-refractivity contribution in [1.82, 2.24) is 4.90 Å². The van der Waals surface area contributed by atoms with Crippen molar-refractivity contribution in [3.8, 4) is 0 Å². The Morgan fingerprint density at radius 1 is 1.56 bits per heavy atom. The van der Waals surface area contributed by atoms with E-state index in [0.717, 1.165) is 25.7 Å². The van der Waals surface area contributed by atoms with Gasteiger partial charge in [-0.1, -0.05) is 13.3 Å². The molecule has 4 nitrogen and oxygen atoms in total. The van der Waals surface area contributed by atoms with Gasteiger partial charge in [0.1, 0.15) is 0 Å². The molecule has 4 heteroatoms. The van der Waals surface area contributed by atoms with Gasteiger partial charge in [0, 0.05) is 19.2 Å². The molecule has 0 aromatic rings. The number of carbonyl (C=O) groups is 1. The number of amides is 1. The number of hydrogen-bond donors (Lipinski definition) is 2. The fraction of sp³-hybridized carbons (Fsp3) is 0.917. The number of nitrogens with zero attached hydrogens (tertiary/aromatic N) is 1. The van der Waals surface area contributed by atoms with Gasteiger partial charge in [-0.25, -0.2) is 0 Å². The third-order valence-corrected chi connectivity index (χ3v) is 3.27. The molecule has 1 amide bonds. The van der Waals surface area contributed by atoms with Gasteiger partial charge in [0.15, 0.2) is 0 Å². The quantitative estimate of drug-likeness (QED) is 0.679. The summed E-state index contributed by atoms with van der Waals surface area (Å²) in [7, 11) is 0. The van der Waals surface area contributed by atoms with Crippen LogP contribution in [-0.4, -0.2) is 41.1 Å². The fourth-order valence-corrected chi connectivity index (χ4v) is 2.06. The van der Waals surface area contributed by atoms with E-state index >= 15 is 0 Å². The van der Waals surface area contributed by atoms with E-state index in [1.54, 1.807) is 0 Å². The molecular formula is C12H24N2O2. The number of nitrogens with two attached hydrogens (primary N) is 1. The largest absolute Gasteiger partial charge is 0.396 e. The highest BCUT2D eigenvalue weighted by Gasteiger charge is 2.30. The molecule has 1 aliphatic carbocycles. The van der Waals surface area contributed by atoms with Gasteiger partial charge >= 0.3 is 0 Å². The van der Waals surface area contributed by atoms with E-state index in [2.05, 4.69) is 0 Å². The van der Waals surface area contributed by atoms with E-state index < -0.39 is 0 Å². The van der Waals surface area contributed by atoms with Crippen molar-refractivity contribution in [3.63, 3.8) is 0 Å². The Bertz CT molecular complexity index is 217. The van der Waals surface area contributed by atoms with Gasteiger partial charge in [-0.15, -0.1) is 0 Å². The van der Waals surface area contributed by atoms with Crippen molar-refractivity contribution in [2.45, 2.75) is 57.5 Å². The van der Waals surface area contributed by atoms with Crippen LogP contribution in [0.15, 0.2) is 0 Å². The predicted octanol–water partition coefficient (Wildman–Crippen LogP) is 0.877. The molecule has 0 radical (unpaired) electrons. The molecular weight excluding hydrogens is 204 g/mol. The lowest BCUT2D eigenvalue weighted by molar-refractivity contribution is -0.137. The first-order valence-electron chi connectivity index (χ1n) is 6.37. The monoisotopic (exact) mass is 228 g/mol. The molecule has 16 heavy (non-hydrogen) atoms. The molecule has 3 N–H and O–H groups in total. The van der Waals surface area contributed by atoms with Gasteiger partial charge < -0.3 is 15.7 Å². The Balaban J connectivity index is 2.49. The molecule has 1 atom stereocenters. The van der Waals surface area contributed by atoms with Gasteiger partial charge in [-0.2, -0.15) is 0 Å². The van der Waals surface area contributed by atoms with Gasteiger partial charge in [-0.3, -0.25) is 4.79 Å². The third-order valence-electron chi connectivity index (χ3n) is 3.27. The van der Waals surface area contributed by atoms with Gasteiger partial charge in [0.25, 0.3) is 0 Å². The number of carbonyl (C=O) groups excluding carboxylic acids is 1. The standard InChI is InChI=1S/C12H24N2O2/c1-2-5-11(13)12(16)14(8-4-9-15)10-6-3-7-10/h10-11,15H,2-9,13H2,1H3/t11-/m0/s1. The molecule has 1 saturated carbocycles. The Labute approximate surface area is 97.8 Å². The summed E-state index contributed by atoms with van der Waals surface area (Å²) in [4.78, 5) is 14.0. The summed E-state index contributed by atoms with van der Waals surface area (Å²) in [5, 5.41) is 8.84. The number of hydrogen-bond acceptors (Lipinski definition) is 3. The normalized spacial score (nSPS) is 17.9. The first kappa shape index (κ1) is 13.5. The van der Waals surface area contributed by atoms with Crippen LogP contribution in [0.2, 0.25) is 0 Å². The van der Waals surface area contributed by atoms with Crippen molar-refractivity contribution in [2.75, 3.05) is 13.2 Å². The van der Waals surface area contributed by atoms with Crippen LogP contribution in [0.3, 0.4) is 0 Å². The van der Waals surface area contributed by atoms with Crippen molar-refractivity contribution >= 4 is 5.91 Å². The van der Waals surface area contributed by atoms with E-state index in [1.807, 2.05) is 11.8 Å². The summed E-state index contributed by atoms with van der Waals surface area (Å²) >= 11 is 0. The highest BCUT2D eigenvalue weighted by atomic mass is 16.3. The number of rotatable bonds is 7. The maximum atomic E-state index is 12.1. The average Bonchev–Trinajstić information content (AvgIpc) is 2.20. The van der Waals surface area contributed by atoms with Crippen molar-refractivity contribution in [2.24, 2.45) is 5.73 Å². The highest BCUT2D eigenvalue weighted by molar-refractivity contribution is 5.82. The maximum absolute atomic E-state index is 12.1. The van der Waals surface area contributed by atoms with E-state index in [9.17, 15) is 4.79 Å². The van der Waals surface area contributed by atoms with Crippen LogP contribution in [0.4, 0.5) is 0 Å². The Morgan fingerprint density at radius 3 is 2.69 bits per heavy atom. The topological polar surface area (TPSA) is 66.6 Å². The predicted molar refractivity (Wildman–Crippen MR) is 63.9 cm³/mol. The summed E-state index contributed by atoms with van der Waals surface area (Å²) in [6.45, 7) is 2.82. The maximum Gasteiger partial charge on any atom is 0.239 e. The van der Waals surface area contributed by atoms with Crippen LogP contribution >= 0.6 is 0 Å². The summed E-state index contributed by atoms with van der Waals surface area (Å²) < 4.78 is 0. The fourth-order valence-electron chi connectivity index (χ4n) is 2.06. The Kier molecular flexibility index (Phi) is 5.77. The zero-order valence-electron chi connectivity index (χ0n) is 10.2. The minimum atomic E-state index is -0.357. The molecule has 0 heterocycles. The van der Waals surface area contributed by atoms with E-state index in [-0.39, 0.29) is 18.6 Å². The summed E-state index contributed by atoms with van der Waals surface area (Å²) in [5.74, 6) is 0.0694. The number of aliphatic hydroxyl groups excluding tert-OH is 1. The van der Waals surface area contributed by atoms with Gasteiger partial charge in [0.05, 0.1) is 6.04 Å².